The molecule has 1 fully saturated rings. The fourth-order valence-corrected chi connectivity index (χ4v) is 2.81. The molecule has 7 heteroatoms. The van der Waals surface area contributed by atoms with Crippen molar-refractivity contribution in [2.24, 2.45) is 0 Å². The predicted molar refractivity (Wildman–Crippen MR) is 92.9 cm³/mol. The van der Waals surface area contributed by atoms with E-state index in [9.17, 15) is 9.59 Å². The van der Waals surface area contributed by atoms with Gasteiger partial charge in [0.15, 0.2) is 0 Å². The third kappa shape index (κ3) is 4.69. The summed E-state index contributed by atoms with van der Waals surface area (Å²) in [5.74, 6) is -0.0743. The number of urea groups is 1. The normalized spacial score (nSPS) is 22.0. The van der Waals surface area contributed by atoms with E-state index in [2.05, 4.69) is 16.0 Å². The first kappa shape index (κ1) is 18.2. The lowest BCUT2D eigenvalue weighted by atomic mass is 10.2. The van der Waals surface area contributed by atoms with E-state index >= 15 is 0 Å². The van der Waals surface area contributed by atoms with Crippen LogP contribution in [0.4, 0.5) is 10.5 Å². The van der Waals surface area contributed by atoms with Gasteiger partial charge >= 0.3 is 6.03 Å². The first-order valence-electron chi connectivity index (χ1n) is 8.22. The average molecular weight is 334 g/mol. The second-order valence-corrected chi connectivity index (χ2v) is 5.87. The Bertz CT molecular complexity index is 552. The fraction of sp³-hybridized carbons (Fsp3) is 0.529. The molecule has 0 saturated carbocycles. The summed E-state index contributed by atoms with van der Waals surface area (Å²) in [6.45, 7) is 5.45. The van der Waals surface area contributed by atoms with Gasteiger partial charge in [0.25, 0.3) is 0 Å². The Morgan fingerprint density at radius 3 is 2.62 bits per heavy atom. The minimum Gasteiger partial charge on any atom is -0.378 e. The number of para-hydroxylation sites is 1. The number of carbonyl (C=O) groups excluding carboxylic acids is 2. The summed E-state index contributed by atoms with van der Waals surface area (Å²) in [7, 11) is 1.62. The van der Waals surface area contributed by atoms with Gasteiger partial charge in [0, 0.05) is 32.4 Å². The van der Waals surface area contributed by atoms with E-state index < -0.39 is 0 Å². The molecular formula is C17H26N4O3. The monoisotopic (exact) mass is 334 g/mol. The van der Waals surface area contributed by atoms with E-state index in [4.69, 9.17) is 4.74 Å². The number of amides is 3. The van der Waals surface area contributed by atoms with Crippen LogP contribution in [0.3, 0.4) is 0 Å². The van der Waals surface area contributed by atoms with Gasteiger partial charge in [0.1, 0.15) is 0 Å². The summed E-state index contributed by atoms with van der Waals surface area (Å²) < 4.78 is 5.47. The number of benzene rings is 1. The molecule has 0 radical (unpaired) electrons. The number of ether oxygens (including phenoxy) is 1. The van der Waals surface area contributed by atoms with Crippen molar-refractivity contribution < 1.29 is 14.3 Å². The van der Waals surface area contributed by atoms with E-state index in [0.717, 1.165) is 5.69 Å². The first-order chi connectivity index (χ1) is 11.5. The van der Waals surface area contributed by atoms with Crippen molar-refractivity contribution in [1.29, 1.82) is 0 Å². The second-order valence-electron chi connectivity index (χ2n) is 5.87. The molecule has 7 nitrogen and oxygen atoms in total. The number of methoxy groups -OCH3 is 1. The number of nitrogens with zero attached hydrogens (tertiary/aromatic N) is 1. The molecule has 132 valence electrons. The maximum Gasteiger partial charge on any atom is 0.315 e. The van der Waals surface area contributed by atoms with Crippen LogP contribution < -0.4 is 16.0 Å². The molecule has 3 atom stereocenters. The molecule has 0 bridgehead atoms. The molecule has 3 amide bonds. The van der Waals surface area contributed by atoms with Crippen LogP contribution in [0.1, 0.15) is 13.8 Å². The number of anilines is 1. The third-order valence-corrected chi connectivity index (χ3v) is 4.22. The number of likely N-dealkylation sites (tertiary alicyclic amines) is 1. The van der Waals surface area contributed by atoms with E-state index in [-0.39, 0.29) is 30.1 Å². The molecule has 1 aliphatic rings. The van der Waals surface area contributed by atoms with E-state index in [1.165, 1.54) is 0 Å². The number of rotatable bonds is 6. The lowest BCUT2D eigenvalue weighted by molar-refractivity contribution is -0.120. The van der Waals surface area contributed by atoms with Crippen molar-refractivity contribution in [1.82, 2.24) is 15.5 Å². The maximum absolute atomic E-state index is 12.4. The summed E-state index contributed by atoms with van der Waals surface area (Å²) in [6, 6.07) is 8.69. The number of carbonyl (C=O) groups is 2. The Labute approximate surface area is 142 Å². The number of hydrogen-bond donors (Lipinski definition) is 3. The lowest BCUT2D eigenvalue weighted by Crippen LogP contribution is -2.48. The summed E-state index contributed by atoms with van der Waals surface area (Å²) in [6.07, 6.45) is -0.139. The Balaban J connectivity index is 1.93. The van der Waals surface area contributed by atoms with Gasteiger partial charge in [-0.05, 0) is 26.0 Å². The average Bonchev–Trinajstić information content (AvgIpc) is 2.98. The van der Waals surface area contributed by atoms with E-state index in [0.29, 0.717) is 19.6 Å². The van der Waals surface area contributed by atoms with Crippen molar-refractivity contribution in [2.45, 2.75) is 32.0 Å². The van der Waals surface area contributed by atoms with Crippen molar-refractivity contribution >= 4 is 17.6 Å². The smallest absolute Gasteiger partial charge is 0.315 e. The van der Waals surface area contributed by atoms with Crippen LogP contribution in [-0.4, -0.2) is 61.8 Å². The highest BCUT2D eigenvalue weighted by atomic mass is 16.5. The topological polar surface area (TPSA) is 82.7 Å². The fourth-order valence-electron chi connectivity index (χ4n) is 2.81. The highest BCUT2D eigenvalue weighted by Crippen LogP contribution is 2.17. The van der Waals surface area contributed by atoms with Gasteiger partial charge < -0.3 is 20.7 Å². The van der Waals surface area contributed by atoms with Crippen LogP contribution in [0.2, 0.25) is 0 Å². The maximum atomic E-state index is 12.4. The quantitative estimate of drug-likeness (QED) is 0.726. The third-order valence-electron chi connectivity index (χ3n) is 4.22. The predicted octanol–water partition coefficient (Wildman–Crippen LogP) is 1.03. The number of hydrogen-bond acceptors (Lipinski definition) is 4. The highest BCUT2D eigenvalue weighted by molar-refractivity contribution is 5.94. The van der Waals surface area contributed by atoms with Crippen LogP contribution >= 0.6 is 0 Å². The van der Waals surface area contributed by atoms with Gasteiger partial charge in [-0.15, -0.1) is 0 Å². The van der Waals surface area contributed by atoms with E-state index in [1.807, 2.05) is 49.1 Å². The summed E-state index contributed by atoms with van der Waals surface area (Å²) in [5.41, 5.74) is 0.772. The van der Waals surface area contributed by atoms with Crippen LogP contribution in [0.25, 0.3) is 0 Å². The van der Waals surface area contributed by atoms with Gasteiger partial charge in [-0.3, -0.25) is 9.69 Å². The molecule has 1 aromatic rings. The first-order valence-corrected chi connectivity index (χ1v) is 8.22. The Morgan fingerprint density at radius 2 is 2.00 bits per heavy atom. The molecule has 0 aromatic heterocycles. The minimum atomic E-state index is -0.316. The zero-order chi connectivity index (χ0) is 17.5. The van der Waals surface area contributed by atoms with Crippen molar-refractivity contribution in [3.05, 3.63) is 30.3 Å². The van der Waals surface area contributed by atoms with E-state index in [1.54, 1.807) is 7.11 Å². The van der Waals surface area contributed by atoms with Crippen molar-refractivity contribution in [3.8, 4) is 0 Å². The van der Waals surface area contributed by atoms with Gasteiger partial charge in [0.05, 0.1) is 18.2 Å². The molecule has 2 rings (SSSR count). The second kappa shape index (κ2) is 8.65. The highest BCUT2D eigenvalue weighted by Gasteiger charge is 2.37. The standard InChI is InChI=1S/C17H26N4O3/c1-4-18-17(23)20-14-10-21(11-15(14)24-3)12(2)16(22)19-13-8-6-5-7-9-13/h5-9,12,14-15H,4,10-11H2,1-3H3,(H,19,22)(H2,18,20,23)/t12-,14-,15+/m1/s1. The van der Waals surface area contributed by atoms with Gasteiger partial charge in [-0.2, -0.15) is 0 Å². The summed E-state index contributed by atoms with van der Waals surface area (Å²) in [4.78, 5) is 26.2. The van der Waals surface area contributed by atoms with Crippen LogP contribution in [0, 0.1) is 0 Å². The molecule has 1 heterocycles. The zero-order valence-corrected chi connectivity index (χ0v) is 14.4. The molecule has 1 aliphatic heterocycles. The Morgan fingerprint density at radius 1 is 1.29 bits per heavy atom. The molecule has 0 spiro atoms. The minimum absolute atomic E-state index is 0.0743. The largest absolute Gasteiger partial charge is 0.378 e. The molecular weight excluding hydrogens is 308 g/mol. The summed E-state index contributed by atoms with van der Waals surface area (Å²) in [5, 5.41) is 8.53. The molecule has 24 heavy (non-hydrogen) atoms. The summed E-state index contributed by atoms with van der Waals surface area (Å²) >= 11 is 0. The Hall–Kier alpha value is -2.12. The van der Waals surface area contributed by atoms with Crippen molar-refractivity contribution in [3.63, 3.8) is 0 Å². The Kier molecular flexibility index (Phi) is 6.57. The molecule has 3 N–H and O–H groups in total. The SMILES string of the molecule is CCNC(=O)N[C@@H]1CN([C@H](C)C(=O)Nc2ccccc2)C[C@@H]1OC. The van der Waals surface area contributed by atoms with Crippen LogP contribution in [0.5, 0.6) is 0 Å². The van der Waals surface area contributed by atoms with Gasteiger partial charge in [0.2, 0.25) is 5.91 Å². The zero-order valence-electron chi connectivity index (χ0n) is 14.4. The van der Waals surface area contributed by atoms with Gasteiger partial charge in [-0.25, -0.2) is 4.79 Å². The van der Waals surface area contributed by atoms with Crippen LogP contribution in [0.15, 0.2) is 30.3 Å². The number of nitrogens with one attached hydrogen (secondary N) is 3. The lowest BCUT2D eigenvalue weighted by Gasteiger charge is -2.23. The molecule has 0 aliphatic carbocycles. The van der Waals surface area contributed by atoms with Gasteiger partial charge in [-0.1, -0.05) is 18.2 Å². The van der Waals surface area contributed by atoms with Crippen LogP contribution in [-0.2, 0) is 9.53 Å². The molecule has 1 aromatic carbocycles. The molecule has 1 saturated heterocycles. The molecule has 0 unspecified atom stereocenters. The van der Waals surface area contributed by atoms with Crippen molar-refractivity contribution in [2.75, 3.05) is 32.1 Å².